The van der Waals surface area contributed by atoms with Gasteiger partial charge in [-0.1, -0.05) is 41.2 Å². The molecule has 5 aromatic rings. The number of aryl methyl sites for hydroxylation is 1. The Kier molecular flexibility index (Phi) is 5.12. The second kappa shape index (κ2) is 8.21. The maximum atomic E-state index is 5.39. The van der Waals surface area contributed by atoms with Crippen LogP contribution in [0.1, 0.15) is 11.4 Å². The Balaban J connectivity index is 1.48. The predicted molar refractivity (Wildman–Crippen MR) is 116 cm³/mol. The molecule has 0 bridgehead atoms. The van der Waals surface area contributed by atoms with Gasteiger partial charge < -0.3 is 4.52 Å². The van der Waals surface area contributed by atoms with Crippen LogP contribution in [0.25, 0.3) is 27.8 Å². The number of hydrogen-bond acceptors (Lipinski definition) is 8. The third kappa shape index (κ3) is 3.64. The zero-order valence-corrected chi connectivity index (χ0v) is 17.6. The van der Waals surface area contributed by atoms with Crippen LogP contribution in [0.15, 0.2) is 76.0 Å². The highest BCUT2D eigenvalue weighted by Crippen LogP contribution is 2.31. The first-order valence-corrected chi connectivity index (χ1v) is 11.1. The molecule has 0 saturated heterocycles. The van der Waals surface area contributed by atoms with Crippen molar-refractivity contribution >= 4 is 23.1 Å². The van der Waals surface area contributed by atoms with Gasteiger partial charge >= 0.3 is 0 Å². The number of nitrogens with zero attached hydrogens (tertiary/aromatic N) is 6. The van der Waals surface area contributed by atoms with E-state index in [-0.39, 0.29) is 0 Å². The van der Waals surface area contributed by atoms with Gasteiger partial charge in [0, 0.05) is 18.0 Å². The lowest BCUT2D eigenvalue weighted by Gasteiger charge is -2.12. The number of hydrogen-bond donors (Lipinski definition) is 0. The van der Waals surface area contributed by atoms with Crippen LogP contribution < -0.4 is 0 Å². The van der Waals surface area contributed by atoms with Gasteiger partial charge in [-0.15, -0.1) is 21.5 Å². The molecular formula is C21H16N6OS2. The summed E-state index contributed by atoms with van der Waals surface area (Å²) in [5.41, 5.74) is 3.06. The van der Waals surface area contributed by atoms with Gasteiger partial charge in [0.25, 0.3) is 5.89 Å². The Morgan fingerprint density at radius 1 is 1.07 bits per heavy atom. The quantitative estimate of drug-likeness (QED) is 0.348. The number of para-hydroxylation sites is 1. The lowest BCUT2D eigenvalue weighted by atomic mass is 10.2. The molecule has 0 atom stereocenters. The molecule has 0 aliphatic heterocycles. The molecule has 1 aromatic carbocycles. The molecule has 0 aliphatic rings. The summed E-state index contributed by atoms with van der Waals surface area (Å²) in [6.45, 7) is 2.07. The van der Waals surface area contributed by atoms with Gasteiger partial charge in [0.1, 0.15) is 0 Å². The number of thiophene rings is 1. The molecule has 9 heteroatoms. The van der Waals surface area contributed by atoms with E-state index in [9.17, 15) is 0 Å². The molecule has 0 amide bonds. The Bertz CT molecular complexity index is 1260. The molecule has 0 radical (unpaired) electrons. The van der Waals surface area contributed by atoms with Crippen LogP contribution in [0.5, 0.6) is 0 Å². The normalized spacial score (nSPS) is 11.1. The Hall–Kier alpha value is -3.30. The topological polar surface area (TPSA) is 82.5 Å². The number of pyridine rings is 1. The first kappa shape index (κ1) is 18.7. The second-order valence-corrected chi connectivity index (χ2v) is 8.34. The minimum Gasteiger partial charge on any atom is -0.333 e. The summed E-state index contributed by atoms with van der Waals surface area (Å²) < 4.78 is 7.44. The summed E-state index contributed by atoms with van der Waals surface area (Å²) in [4.78, 5) is 9.68. The van der Waals surface area contributed by atoms with E-state index < -0.39 is 0 Å². The molecule has 0 spiro atoms. The molecule has 0 unspecified atom stereocenters. The molecule has 0 fully saturated rings. The second-order valence-electron chi connectivity index (χ2n) is 6.45. The first-order valence-electron chi connectivity index (χ1n) is 9.20. The van der Waals surface area contributed by atoms with E-state index >= 15 is 0 Å². The molecule has 5 rings (SSSR count). The molecule has 0 N–H and O–H groups in total. The highest BCUT2D eigenvalue weighted by molar-refractivity contribution is 7.98. The minimum absolute atomic E-state index is 0.520. The average Bonchev–Trinajstić information content (AvgIpc) is 3.53. The van der Waals surface area contributed by atoms with Crippen molar-refractivity contribution in [2.75, 3.05) is 0 Å². The molecular weight excluding hydrogens is 416 g/mol. The third-order valence-corrected chi connectivity index (χ3v) is 6.22. The van der Waals surface area contributed by atoms with E-state index in [4.69, 9.17) is 4.52 Å². The van der Waals surface area contributed by atoms with Crippen molar-refractivity contribution in [3.05, 3.63) is 77.7 Å². The van der Waals surface area contributed by atoms with Gasteiger partial charge in [-0.05, 0) is 42.1 Å². The zero-order chi connectivity index (χ0) is 20.3. The van der Waals surface area contributed by atoms with E-state index in [0.717, 1.165) is 32.7 Å². The summed E-state index contributed by atoms with van der Waals surface area (Å²) in [7, 11) is 0. The Morgan fingerprint density at radius 3 is 2.80 bits per heavy atom. The van der Waals surface area contributed by atoms with Crippen LogP contribution in [0.2, 0.25) is 0 Å². The SMILES string of the molecule is Cc1ccccc1-n1c(SCc2noc(-c3cccs3)n2)nnc1-c1cccnc1. The van der Waals surface area contributed by atoms with Gasteiger partial charge in [-0.2, -0.15) is 4.98 Å². The number of benzene rings is 1. The highest BCUT2D eigenvalue weighted by Gasteiger charge is 2.19. The third-order valence-electron chi connectivity index (χ3n) is 4.44. The van der Waals surface area contributed by atoms with Gasteiger partial charge in [-0.3, -0.25) is 9.55 Å². The summed E-state index contributed by atoms with van der Waals surface area (Å²) in [5.74, 6) is 2.42. The average molecular weight is 433 g/mol. The number of rotatable bonds is 6. The smallest absolute Gasteiger partial charge is 0.268 e. The Labute approximate surface area is 180 Å². The molecule has 0 aliphatic carbocycles. The van der Waals surface area contributed by atoms with Crippen LogP contribution in [0.4, 0.5) is 0 Å². The summed E-state index contributed by atoms with van der Waals surface area (Å²) in [5, 5.41) is 15.7. The van der Waals surface area contributed by atoms with Gasteiger partial charge in [0.2, 0.25) is 0 Å². The number of aromatic nitrogens is 6. The highest BCUT2D eigenvalue weighted by atomic mass is 32.2. The van der Waals surface area contributed by atoms with Crippen molar-refractivity contribution in [3.63, 3.8) is 0 Å². The maximum Gasteiger partial charge on any atom is 0.268 e. The molecule has 0 saturated carbocycles. The van der Waals surface area contributed by atoms with E-state index in [1.54, 1.807) is 23.7 Å². The van der Waals surface area contributed by atoms with Crippen LogP contribution >= 0.6 is 23.1 Å². The minimum atomic E-state index is 0.520. The van der Waals surface area contributed by atoms with E-state index in [1.165, 1.54) is 11.8 Å². The largest absolute Gasteiger partial charge is 0.333 e. The van der Waals surface area contributed by atoms with Gasteiger partial charge in [-0.25, -0.2) is 0 Å². The van der Waals surface area contributed by atoms with Crippen molar-refractivity contribution < 1.29 is 4.52 Å². The zero-order valence-electron chi connectivity index (χ0n) is 16.0. The van der Waals surface area contributed by atoms with Crippen LogP contribution in [-0.2, 0) is 5.75 Å². The first-order chi connectivity index (χ1) is 14.8. The lowest BCUT2D eigenvalue weighted by molar-refractivity contribution is 0.426. The van der Waals surface area contributed by atoms with E-state index in [0.29, 0.717) is 17.5 Å². The fourth-order valence-electron chi connectivity index (χ4n) is 3.02. The predicted octanol–water partition coefficient (Wildman–Crippen LogP) is 5.04. The number of thioether (sulfide) groups is 1. The van der Waals surface area contributed by atoms with Crippen molar-refractivity contribution in [2.24, 2.45) is 0 Å². The van der Waals surface area contributed by atoms with Crippen LogP contribution in [-0.4, -0.2) is 29.9 Å². The molecule has 30 heavy (non-hydrogen) atoms. The van der Waals surface area contributed by atoms with Crippen LogP contribution in [0.3, 0.4) is 0 Å². The standard InChI is InChI=1S/C21H16N6OS2/c1-14-6-2-3-8-16(14)27-19(15-7-4-10-22-12-15)24-25-21(27)30-13-18-23-20(28-26-18)17-9-5-11-29-17/h2-12H,13H2,1H3. The van der Waals surface area contributed by atoms with E-state index in [2.05, 4.69) is 48.9 Å². The van der Waals surface area contributed by atoms with Crippen molar-refractivity contribution in [1.29, 1.82) is 0 Å². The molecule has 7 nitrogen and oxygen atoms in total. The Morgan fingerprint density at radius 2 is 2.00 bits per heavy atom. The summed E-state index contributed by atoms with van der Waals surface area (Å²) in [6, 6.07) is 16.0. The lowest BCUT2D eigenvalue weighted by Crippen LogP contribution is -2.02. The maximum absolute atomic E-state index is 5.39. The summed E-state index contributed by atoms with van der Waals surface area (Å²) >= 11 is 3.09. The fourth-order valence-corrected chi connectivity index (χ4v) is 4.45. The van der Waals surface area contributed by atoms with Gasteiger partial charge in [0.05, 0.1) is 16.3 Å². The van der Waals surface area contributed by atoms with Crippen LogP contribution in [0, 0.1) is 6.92 Å². The molecule has 148 valence electrons. The molecule has 4 aromatic heterocycles. The van der Waals surface area contributed by atoms with Crippen molar-refractivity contribution in [1.82, 2.24) is 29.9 Å². The monoisotopic (exact) mass is 432 g/mol. The fraction of sp³-hybridized carbons (Fsp3) is 0.0952. The van der Waals surface area contributed by atoms with Crippen molar-refractivity contribution in [2.45, 2.75) is 17.8 Å². The van der Waals surface area contributed by atoms with E-state index in [1.807, 2.05) is 41.8 Å². The van der Waals surface area contributed by atoms with Gasteiger partial charge in [0.15, 0.2) is 16.8 Å². The molecule has 4 heterocycles. The van der Waals surface area contributed by atoms with Crippen molar-refractivity contribution in [3.8, 4) is 27.8 Å². The summed E-state index contributed by atoms with van der Waals surface area (Å²) in [6.07, 6.45) is 3.54.